The van der Waals surface area contributed by atoms with Gasteiger partial charge in [-0.05, 0) is 60.9 Å². The van der Waals surface area contributed by atoms with E-state index in [1.54, 1.807) is 55.5 Å². The second kappa shape index (κ2) is 6.69. The largest absolute Gasteiger partial charge is 0.280 e. The predicted molar refractivity (Wildman–Crippen MR) is 98.6 cm³/mol. The van der Waals surface area contributed by atoms with Crippen LogP contribution < -0.4 is 4.72 Å². The summed E-state index contributed by atoms with van der Waals surface area (Å²) in [4.78, 5) is 0.199. The van der Waals surface area contributed by atoms with E-state index in [4.69, 9.17) is 0 Å². The summed E-state index contributed by atoms with van der Waals surface area (Å²) in [6.07, 6.45) is 0. The lowest BCUT2D eigenvalue weighted by atomic mass is 10.0. The molecule has 3 rings (SSSR count). The van der Waals surface area contributed by atoms with E-state index in [2.05, 4.69) is 4.72 Å². The van der Waals surface area contributed by atoms with Crippen molar-refractivity contribution in [2.24, 2.45) is 0 Å². The number of hydrogen-bond donors (Lipinski definition) is 1. The van der Waals surface area contributed by atoms with Crippen LogP contribution in [-0.4, -0.2) is 8.42 Å². The highest BCUT2D eigenvalue weighted by Gasteiger charge is 2.14. The zero-order chi connectivity index (χ0) is 18.0. The van der Waals surface area contributed by atoms with Crippen molar-refractivity contribution < 1.29 is 12.8 Å². The van der Waals surface area contributed by atoms with Gasteiger partial charge in [-0.1, -0.05) is 42.0 Å². The highest BCUT2D eigenvalue weighted by Crippen LogP contribution is 2.26. The first-order chi connectivity index (χ1) is 11.8. The third-order valence-electron chi connectivity index (χ3n) is 3.95. The molecule has 0 aliphatic carbocycles. The maximum absolute atomic E-state index is 13.8. The molecule has 0 spiro atoms. The number of aryl methyl sites for hydroxylation is 2. The van der Waals surface area contributed by atoms with Crippen molar-refractivity contribution >= 4 is 15.7 Å². The molecule has 3 aromatic rings. The molecule has 0 aliphatic heterocycles. The van der Waals surface area contributed by atoms with Crippen LogP contribution in [0.2, 0.25) is 0 Å². The molecular weight excluding hydrogens is 337 g/mol. The Bertz CT molecular complexity index is 1010. The van der Waals surface area contributed by atoms with E-state index >= 15 is 0 Å². The minimum atomic E-state index is -3.67. The Hall–Kier alpha value is -2.66. The Morgan fingerprint density at radius 3 is 2.20 bits per heavy atom. The molecule has 0 amide bonds. The molecule has 0 heterocycles. The van der Waals surface area contributed by atoms with Gasteiger partial charge in [0.25, 0.3) is 10.0 Å². The lowest BCUT2D eigenvalue weighted by Gasteiger charge is -2.10. The fourth-order valence-electron chi connectivity index (χ4n) is 2.47. The van der Waals surface area contributed by atoms with E-state index in [1.807, 2.05) is 19.1 Å². The molecule has 5 heteroatoms. The summed E-state index contributed by atoms with van der Waals surface area (Å²) in [6.45, 7) is 3.60. The molecule has 3 aromatic carbocycles. The topological polar surface area (TPSA) is 46.2 Å². The summed E-state index contributed by atoms with van der Waals surface area (Å²) in [5.41, 5.74) is 3.42. The van der Waals surface area contributed by atoms with Crippen LogP contribution in [0, 0.1) is 19.7 Å². The van der Waals surface area contributed by atoms with Crippen molar-refractivity contribution in [3.8, 4) is 11.1 Å². The molecule has 0 fully saturated rings. The van der Waals surface area contributed by atoms with Crippen molar-refractivity contribution in [2.45, 2.75) is 18.7 Å². The average Bonchev–Trinajstić information content (AvgIpc) is 2.57. The third kappa shape index (κ3) is 3.88. The molecule has 0 atom stereocenters. The van der Waals surface area contributed by atoms with Gasteiger partial charge in [0.2, 0.25) is 0 Å². The number of halogens is 1. The van der Waals surface area contributed by atoms with Crippen molar-refractivity contribution in [3.05, 3.63) is 83.7 Å². The minimum absolute atomic E-state index is 0.199. The maximum atomic E-state index is 13.8. The number of sulfonamides is 1. The summed E-state index contributed by atoms with van der Waals surface area (Å²) in [5, 5.41) is 0. The second-order valence-electron chi connectivity index (χ2n) is 5.96. The SMILES string of the molecule is Cc1ccc(S(=O)(=O)Nc2cccc(-c3ccc(C)c(F)c3)c2)cc1. The summed E-state index contributed by atoms with van der Waals surface area (Å²) in [7, 11) is -3.67. The van der Waals surface area contributed by atoms with Crippen molar-refractivity contribution in [1.29, 1.82) is 0 Å². The molecule has 0 radical (unpaired) electrons. The quantitative estimate of drug-likeness (QED) is 0.723. The zero-order valence-corrected chi connectivity index (χ0v) is 14.8. The number of hydrogen-bond acceptors (Lipinski definition) is 2. The highest BCUT2D eigenvalue weighted by atomic mass is 32.2. The molecule has 0 unspecified atom stereocenters. The number of nitrogens with one attached hydrogen (secondary N) is 1. The lowest BCUT2D eigenvalue weighted by molar-refractivity contribution is 0.601. The van der Waals surface area contributed by atoms with E-state index < -0.39 is 10.0 Å². The highest BCUT2D eigenvalue weighted by molar-refractivity contribution is 7.92. The van der Waals surface area contributed by atoms with Gasteiger partial charge in [0.15, 0.2) is 0 Å². The van der Waals surface area contributed by atoms with E-state index in [1.165, 1.54) is 6.07 Å². The Balaban J connectivity index is 1.91. The third-order valence-corrected chi connectivity index (χ3v) is 5.35. The van der Waals surface area contributed by atoms with Crippen LogP contribution in [0.15, 0.2) is 71.6 Å². The normalized spacial score (nSPS) is 11.3. The fourth-order valence-corrected chi connectivity index (χ4v) is 3.52. The molecule has 0 bridgehead atoms. The van der Waals surface area contributed by atoms with Crippen LogP contribution in [0.25, 0.3) is 11.1 Å². The number of benzene rings is 3. The van der Waals surface area contributed by atoms with Crippen LogP contribution in [0.5, 0.6) is 0 Å². The fraction of sp³-hybridized carbons (Fsp3) is 0.100. The molecular formula is C20H18FNO2S. The van der Waals surface area contributed by atoms with E-state index in [0.29, 0.717) is 16.8 Å². The molecule has 3 nitrogen and oxygen atoms in total. The first-order valence-corrected chi connectivity index (χ1v) is 9.29. The molecule has 0 saturated heterocycles. The summed E-state index contributed by atoms with van der Waals surface area (Å²) in [6, 6.07) is 18.5. The molecule has 1 N–H and O–H groups in total. The zero-order valence-electron chi connectivity index (χ0n) is 14.0. The maximum Gasteiger partial charge on any atom is 0.261 e. The smallest absolute Gasteiger partial charge is 0.261 e. The van der Waals surface area contributed by atoms with Crippen molar-refractivity contribution in [1.82, 2.24) is 0 Å². The monoisotopic (exact) mass is 355 g/mol. The molecule has 0 saturated carbocycles. The van der Waals surface area contributed by atoms with Gasteiger partial charge >= 0.3 is 0 Å². The Kier molecular flexibility index (Phi) is 4.59. The summed E-state index contributed by atoms with van der Waals surface area (Å²) in [5.74, 6) is -0.289. The van der Waals surface area contributed by atoms with E-state index in [9.17, 15) is 12.8 Å². The summed E-state index contributed by atoms with van der Waals surface area (Å²) < 4.78 is 41.3. The van der Waals surface area contributed by atoms with Crippen LogP contribution in [0.1, 0.15) is 11.1 Å². The van der Waals surface area contributed by atoms with Gasteiger partial charge in [-0.15, -0.1) is 0 Å². The van der Waals surface area contributed by atoms with Crippen LogP contribution in [0.4, 0.5) is 10.1 Å². The Morgan fingerprint density at radius 1 is 0.840 bits per heavy atom. The standard InChI is InChI=1S/C20H18FNO2S/c1-14-6-10-19(11-7-14)25(23,24)22-18-5-3-4-16(12-18)17-9-8-15(2)20(21)13-17/h3-13,22H,1-2H3. The average molecular weight is 355 g/mol. The van der Waals surface area contributed by atoms with E-state index in [-0.39, 0.29) is 10.7 Å². The molecule has 25 heavy (non-hydrogen) atoms. The first-order valence-electron chi connectivity index (χ1n) is 7.81. The van der Waals surface area contributed by atoms with Crippen molar-refractivity contribution in [3.63, 3.8) is 0 Å². The second-order valence-corrected chi connectivity index (χ2v) is 7.65. The minimum Gasteiger partial charge on any atom is -0.280 e. The first kappa shape index (κ1) is 17.2. The van der Waals surface area contributed by atoms with Gasteiger partial charge in [-0.2, -0.15) is 0 Å². The molecule has 128 valence electrons. The summed E-state index contributed by atoms with van der Waals surface area (Å²) >= 11 is 0. The van der Waals surface area contributed by atoms with Gasteiger partial charge in [0.05, 0.1) is 4.90 Å². The van der Waals surface area contributed by atoms with Crippen LogP contribution in [-0.2, 0) is 10.0 Å². The van der Waals surface area contributed by atoms with Gasteiger partial charge < -0.3 is 0 Å². The number of rotatable bonds is 4. The van der Waals surface area contributed by atoms with E-state index in [0.717, 1.165) is 11.1 Å². The molecule has 0 aromatic heterocycles. The van der Waals surface area contributed by atoms with Crippen LogP contribution >= 0.6 is 0 Å². The van der Waals surface area contributed by atoms with Gasteiger partial charge in [0.1, 0.15) is 5.82 Å². The predicted octanol–water partition coefficient (Wildman–Crippen LogP) is 4.91. The molecule has 0 aliphatic rings. The number of anilines is 1. The lowest BCUT2D eigenvalue weighted by Crippen LogP contribution is -2.12. The van der Waals surface area contributed by atoms with Gasteiger partial charge in [-0.3, -0.25) is 4.72 Å². The van der Waals surface area contributed by atoms with Crippen molar-refractivity contribution in [2.75, 3.05) is 4.72 Å². The van der Waals surface area contributed by atoms with Gasteiger partial charge in [0, 0.05) is 5.69 Å². The Morgan fingerprint density at radius 2 is 1.52 bits per heavy atom. The van der Waals surface area contributed by atoms with Gasteiger partial charge in [-0.25, -0.2) is 12.8 Å². The Labute approximate surface area is 147 Å². The van der Waals surface area contributed by atoms with Crippen LogP contribution in [0.3, 0.4) is 0 Å².